The third-order valence-corrected chi connectivity index (χ3v) is 7.42. The Balaban J connectivity index is 1.26. The Kier molecular flexibility index (Phi) is 6.40. The summed E-state index contributed by atoms with van der Waals surface area (Å²) in [6.45, 7) is 8.94. The minimum Gasteiger partial charge on any atom is -0.493 e. The summed E-state index contributed by atoms with van der Waals surface area (Å²) in [6.07, 6.45) is 2.15. The van der Waals surface area contributed by atoms with Crippen LogP contribution in [0.4, 0.5) is 11.4 Å². The summed E-state index contributed by atoms with van der Waals surface area (Å²) < 4.78 is 22.5. The predicted octanol–water partition coefficient (Wildman–Crippen LogP) is 4.30. The third-order valence-electron chi connectivity index (χ3n) is 7.42. The number of rotatable bonds is 6. The highest BCUT2D eigenvalue weighted by atomic mass is 16.7. The SMILES string of the molecule is COC(=O)C[C@@H]1COc2cc(NCc3ccc(C)c(N4CCC5(CC4)OCCO5)c3C)ccc21. The van der Waals surface area contributed by atoms with Crippen molar-refractivity contribution < 1.29 is 23.7 Å². The first-order valence-electron chi connectivity index (χ1n) is 12.2. The minimum absolute atomic E-state index is 0.0575. The maximum atomic E-state index is 11.7. The summed E-state index contributed by atoms with van der Waals surface area (Å²) in [4.78, 5) is 14.1. The van der Waals surface area contributed by atoms with E-state index < -0.39 is 0 Å². The smallest absolute Gasteiger partial charge is 0.306 e. The van der Waals surface area contributed by atoms with Crippen LogP contribution in [-0.4, -0.2) is 51.8 Å². The molecule has 0 amide bonds. The molecule has 1 atom stereocenters. The minimum atomic E-state index is -0.358. The van der Waals surface area contributed by atoms with Crippen molar-refractivity contribution >= 4 is 17.3 Å². The molecule has 0 aliphatic carbocycles. The van der Waals surface area contributed by atoms with Gasteiger partial charge in [0.05, 0.1) is 33.4 Å². The van der Waals surface area contributed by atoms with Gasteiger partial charge in [-0.3, -0.25) is 4.79 Å². The molecule has 3 aliphatic rings. The topological polar surface area (TPSA) is 69.3 Å². The number of esters is 1. The van der Waals surface area contributed by atoms with Crippen LogP contribution in [0.1, 0.15) is 47.4 Å². The Bertz CT molecular complexity index is 1050. The number of ether oxygens (including phenoxy) is 4. The van der Waals surface area contributed by atoms with Crippen LogP contribution >= 0.6 is 0 Å². The normalized spacial score (nSPS) is 20.8. The average Bonchev–Trinajstić information content (AvgIpc) is 3.47. The van der Waals surface area contributed by atoms with Gasteiger partial charge in [0, 0.05) is 61.4 Å². The number of nitrogens with zero attached hydrogens (tertiary/aromatic N) is 1. The van der Waals surface area contributed by atoms with Crippen LogP contribution in [0.25, 0.3) is 0 Å². The highest BCUT2D eigenvalue weighted by Gasteiger charge is 2.40. The van der Waals surface area contributed by atoms with Crippen molar-refractivity contribution in [2.45, 2.75) is 51.4 Å². The number of benzene rings is 2. The quantitative estimate of drug-likeness (QED) is 0.637. The standard InChI is InChI=1S/C27H34N2O5/c1-18-4-5-20(19(2)26(18)29-10-8-27(9-11-29)33-12-13-34-27)16-28-22-6-7-23-21(14-25(30)31-3)17-32-24(23)15-22/h4-7,15,21,28H,8-14,16-17H2,1-3H3/t21-/m1/s1. The summed E-state index contributed by atoms with van der Waals surface area (Å²) in [7, 11) is 1.42. The second-order valence-corrected chi connectivity index (χ2v) is 9.50. The number of anilines is 2. The lowest BCUT2D eigenvalue weighted by molar-refractivity contribution is -0.169. The van der Waals surface area contributed by atoms with E-state index in [1.54, 1.807) is 0 Å². The zero-order chi connectivity index (χ0) is 23.7. The Morgan fingerprint density at radius 2 is 1.91 bits per heavy atom. The van der Waals surface area contributed by atoms with Gasteiger partial charge in [0.1, 0.15) is 5.75 Å². The molecule has 0 radical (unpaired) electrons. The molecule has 0 saturated carbocycles. The molecule has 0 bridgehead atoms. The van der Waals surface area contributed by atoms with Gasteiger partial charge in [-0.05, 0) is 36.6 Å². The van der Waals surface area contributed by atoms with Gasteiger partial charge in [-0.25, -0.2) is 0 Å². The molecule has 2 saturated heterocycles. The van der Waals surface area contributed by atoms with E-state index in [2.05, 4.69) is 48.3 Å². The lowest BCUT2D eigenvalue weighted by Gasteiger charge is -2.40. The fraction of sp³-hybridized carbons (Fsp3) is 0.519. The van der Waals surface area contributed by atoms with E-state index in [0.717, 1.165) is 49.5 Å². The van der Waals surface area contributed by atoms with Gasteiger partial charge in [0.2, 0.25) is 0 Å². The van der Waals surface area contributed by atoms with E-state index in [9.17, 15) is 4.79 Å². The van der Waals surface area contributed by atoms with E-state index in [4.69, 9.17) is 18.9 Å². The van der Waals surface area contributed by atoms with Crippen molar-refractivity contribution in [3.8, 4) is 5.75 Å². The van der Waals surface area contributed by atoms with E-state index in [0.29, 0.717) is 26.2 Å². The molecule has 34 heavy (non-hydrogen) atoms. The zero-order valence-electron chi connectivity index (χ0n) is 20.3. The van der Waals surface area contributed by atoms with Gasteiger partial charge < -0.3 is 29.2 Å². The second-order valence-electron chi connectivity index (χ2n) is 9.50. The van der Waals surface area contributed by atoms with Crippen LogP contribution < -0.4 is 15.0 Å². The number of piperidine rings is 1. The molecule has 182 valence electrons. The summed E-state index contributed by atoms with van der Waals surface area (Å²) >= 11 is 0. The van der Waals surface area contributed by atoms with Crippen molar-refractivity contribution in [2.75, 3.05) is 50.2 Å². The Hall–Kier alpha value is -2.77. The summed E-state index contributed by atoms with van der Waals surface area (Å²) in [5.41, 5.74) is 7.30. The van der Waals surface area contributed by atoms with Crippen LogP contribution in [0.15, 0.2) is 30.3 Å². The highest BCUT2D eigenvalue weighted by molar-refractivity contribution is 5.71. The van der Waals surface area contributed by atoms with Gasteiger partial charge in [-0.2, -0.15) is 0 Å². The second kappa shape index (κ2) is 9.47. The van der Waals surface area contributed by atoms with Crippen molar-refractivity contribution in [3.05, 3.63) is 52.6 Å². The summed E-state index contributed by atoms with van der Waals surface area (Å²) in [6, 6.07) is 10.6. The summed E-state index contributed by atoms with van der Waals surface area (Å²) in [5.74, 6) is 0.339. The van der Waals surface area contributed by atoms with Crippen molar-refractivity contribution in [1.29, 1.82) is 0 Å². The highest BCUT2D eigenvalue weighted by Crippen LogP contribution is 2.39. The Labute approximate surface area is 201 Å². The van der Waals surface area contributed by atoms with E-state index in [1.165, 1.54) is 29.5 Å². The molecule has 1 N–H and O–H groups in total. The first-order chi connectivity index (χ1) is 16.5. The molecule has 3 aliphatic heterocycles. The molecule has 5 rings (SSSR count). The average molecular weight is 467 g/mol. The Morgan fingerprint density at radius 3 is 2.65 bits per heavy atom. The van der Waals surface area contributed by atoms with Crippen LogP contribution in [0, 0.1) is 13.8 Å². The maximum absolute atomic E-state index is 11.7. The lowest BCUT2D eigenvalue weighted by atomic mass is 9.97. The molecule has 7 nitrogen and oxygen atoms in total. The molecule has 2 aromatic rings. The van der Waals surface area contributed by atoms with Crippen LogP contribution in [-0.2, 0) is 25.5 Å². The zero-order valence-corrected chi connectivity index (χ0v) is 20.3. The van der Waals surface area contributed by atoms with Crippen molar-refractivity contribution in [3.63, 3.8) is 0 Å². The van der Waals surface area contributed by atoms with Crippen molar-refractivity contribution in [2.24, 2.45) is 0 Å². The van der Waals surface area contributed by atoms with E-state index in [1.807, 2.05) is 6.07 Å². The number of hydrogen-bond donors (Lipinski definition) is 1. The largest absolute Gasteiger partial charge is 0.493 e. The molecule has 7 heteroatoms. The van der Waals surface area contributed by atoms with E-state index >= 15 is 0 Å². The first kappa shape index (κ1) is 23.0. The Morgan fingerprint density at radius 1 is 1.15 bits per heavy atom. The van der Waals surface area contributed by atoms with Crippen LogP contribution in [0.2, 0.25) is 0 Å². The number of hydrogen-bond acceptors (Lipinski definition) is 7. The fourth-order valence-corrected chi connectivity index (χ4v) is 5.45. The van der Waals surface area contributed by atoms with Gasteiger partial charge >= 0.3 is 5.97 Å². The molecular weight excluding hydrogens is 432 g/mol. The third kappa shape index (κ3) is 4.46. The summed E-state index contributed by atoms with van der Waals surface area (Å²) in [5, 5.41) is 3.56. The van der Waals surface area contributed by atoms with Gasteiger partial charge in [0.15, 0.2) is 5.79 Å². The van der Waals surface area contributed by atoms with Crippen LogP contribution in [0.5, 0.6) is 5.75 Å². The molecule has 2 aromatic carbocycles. The lowest BCUT2D eigenvalue weighted by Crippen LogP contribution is -2.45. The maximum Gasteiger partial charge on any atom is 0.306 e. The molecule has 0 unspecified atom stereocenters. The predicted molar refractivity (Wildman–Crippen MR) is 131 cm³/mol. The molecule has 0 aromatic heterocycles. The number of nitrogens with one attached hydrogen (secondary N) is 1. The van der Waals surface area contributed by atoms with Crippen LogP contribution in [0.3, 0.4) is 0 Å². The van der Waals surface area contributed by atoms with E-state index in [-0.39, 0.29) is 17.7 Å². The van der Waals surface area contributed by atoms with Gasteiger partial charge in [-0.1, -0.05) is 18.2 Å². The number of aryl methyl sites for hydroxylation is 1. The first-order valence-corrected chi connectivity index (χ1v) is 12.2. The van der Waals surface area contributed by atoms with Gasteiger partial charge in [0.25, 0.3) is 0 Å². The fourth-order valence-electron chi connectivity index (χ4n) is 5.45. The monoisotopic (exact) mass is 466 g/mol. The molecular formula is C27H34N2O5. The molecule has 3 heterocycles. The van der Waals surface area contributed by atoms with Gasteiger partial charge in [-0.15, -0.1) is 0 Å². The van der Waals surface area contributed by atoms with Crippen molar-refractivity contribution in [1.82, 2.24) is 0 Å². The molecule has 1 spiro atoms. The number of carbonyl (C=O) groups excluding carboxylic acids is 1. The number of methoxy groups -OCH3 is 1. The number of carbonyl (C=O) groups is 1. The number of fused-ring (bicyclic) bond motifs is 1. The molecule has 2 fully saturated rings.